The van der Waals surface area contributed by atoms with E-state index in [1.807, 2.05) is 0 Å². The number of halogens is 4. The van der Waals surface area contributed by atoms with Gasteiger partial charge < -0.3 is 15.2 Å². The normalized spacial score (nSPS) is 12.7. The van der Waals surface area contributed by atoms with E-state index in [1.165, 1.54) is 25.3 Å². The topological polar surface area (TPSA) is 76.4 Å². The maximum atomic E-state index is 14.5. The number of alkyl halides is 3. The molecule has 2 N–H and O–H groups in total. The molecule has 26 heavy (non-hydrogen) atoms. The van der Waals surface area contributed by atoms with Gasteiger partial charge in [0.2, 0.25) is 5.69 Å². The lowest BCUT2D eigenvalue weighted by Gasteiger charge is -2.19. The van der Waals surface area contributed by atoms with Crippen LogP contribution in [0.25, 0.3) is 11.3 Å². The van der Waals surface area contributed by atoms with Crippen LogP contribution in [0.1, 0.15) is 24.3 Å². The Hall–Kier alpha value is -2.78. The first-order chi connectivity index (χ1) is 12.1. The molecule has 2 aromatic rings. The number of benzene rings is 1. The summed E-state index contributed by atoms with van der Waals surface area (Å²) < 4.78 is 58.9. The fourth-order valence-electron chi connectivity index (χ4n) is 2.37. The molecule has 2 rings (SSSR count). The van der Waals surface area contributed by atoms with Crippen molar-refractivity contribution in [1.82, 2.24) is 9.78 Å². The van der Waals surface area contributed by atoms with Gasteiger partial charge >= 0.3 is 12.1 Å². The highest BCUT2D eigenvalue weighted by Crippen LogP contribution is 2.36. The Morgan fingerprint density at radius 2 is 2.08 bits per heavy atom. The third kappa shape index (κ3) is 3.73. The van der Waals surface area contributed by atoms with Gasteiger partial charge in [0.15, 0.2) is 5.82 Å². The zero-order valence-corrected chi connectivity index (χ0v) is 14.2. The molecular formula is C16H17F4N3O3. The summed E-state index contributed by atoms with van der Waals surface area (Å²) in [5.74, 6) is -2.48. The second-order valence-corrected chi connectivity index (χ2v) is 5.45. The van der Waals surface area contributed by atoms with Crippen molar-refractivity contribution < 1.29 is 32.2 Å². The van der Waals surface area contributed by atoms with E-state index in [0.29, 0.717) is 0 Å². The molecule has 0 saturated carbocycles. The SMILES string of the molecule is CCn1nc(C(=O)O)c(F)c1-c1ccc(NC(C)C(F)(F)F)cc1OC. The number of carboxylic acid groups (broad SMARTS) is 1. The largest absolute Gasteiger partial charge is 0.496 e. The molecule has 10 heteroatoms. The highest BCUT2D eigenvalue weighted by Gasteiger charge is 2.36. The molecule has 0 saturated heterocycles. The Morgan fingerprint density at radius 3 is 2.58 bits per heavy atom. The summed E-state index contributed by atoms with van der Waals surface area (Å²) in [4.78, 5) is 11.1. The number of hydrogen-bond donors (Lipinski definition) is 2. The van der Waals surface area contributed by atoms with Gasteiger partial charge in [-0.25, -0.2) is 9.18 Å². The minimum atomic E-state index is -4.44. The molecule has 6 nitrogen and oxygen atoms in total. The van der Waals surface area contributed by atoms with Crippen LogP contribution in [0.4, 0.5) is 23.2 Å². The summed E-state index contributed by atoms with van der Waals surface area (Å²) in [5, 5.41) is 15.0. The summed E-state index contributed by atoms with van der Waals surface area (Å²) in [5.41, 5.74) is -0.553. The van der Waals surface area contributed by atoms with Crippen LogP contribution in [0, 0.1) is 5.82 Å². The van der Waals surface area contributed by atoms with E-state index in [-0.39, 0.29) is 29.2 Å². The first-order valence-corrected chi connectivity index (χ1v) is 7.61. The van der Waals surface area contributed by atoms with E-state index in [9.17, 15) is 22.4 Å². The lowest BCUT2D eigenvalue weighted by molar-refractivity contribution is -0.138. The molecule has 0 fully saturated rings. The van der Waals surface area contributed by atoms with Crippen LogP contribution in [0.5, 0.6) is 5.75 Å². The number of anilines is 1. The monoisotopic (exact) mass is 375 g/mol. The molecule has 1 unspecified atom stereocenters. The first kappa shape index (κ1) is 19.5. The number of carbonyl (C=O) groups is 1. The van der Waals surface area contributed by atoms with Crippen molar-refractivity contribution in [2.24, 2.45) is 0 Å². The quantitative estimate of drug-likeness (QED) is 0.752. The van der Waals surface area contributed by atoms with Gasteiger partial charge in [0.1, 0.15) is 17.5 Å². The molecule has 0 aliphatic carbocycles. The zero-order chi connectivity index (χ0) is 19.6. The van der Waals surface area contributed by atoms with Crippen molar-refractivity contribution >= 4 is 11.7 Å². The van der Waals surface area contributed by atoms with E-state index in [1.54, 1.807) is 6.92 Å². The van der Waals surface area contributed by atoms with Gasteiger partial charge in [0.25, 0.3) is 0 Å². The van der Waals surface area contributed by atoms with E-state index >= 15 is 0 Å². The molecule has 142 valence electrons. The predicted molar refractivity (Wildman–Crippen MR) is 85.9 cm³/mol. The van der Waals surface area contributed by atoms with Gasteiger partial charge in [-0.15, -0.1) is 0 Å². The van der Waals surface area contributed by atoms with Gasteiger partial charge in [-0.3, -0.25) is 4.68 Å². The van der Waals surface area contributed by atoms with Crippen LogP contribution < -0.4 is 10.1 Å². The minimum Gasteiger partial charge on any atom is -0.496 e. The lowest BCUT2D eigenvalue weighted by atomic mass is 10.1. The molecule has 1 atom stereocenters. The highest BCUT2D eigenvalue weighted by molar-refractivity contribution is 5.88. The number of ether oxygens (including phenoxy) is 1. The van der Waals surface area contributed by atoms with E-state index in [2.05, 4.69) is 10.4 Å². The molecule has 1 heterocycles. The number of aryl methyl sites for hydroxylation is 1. The molecule has 1 aromatic carbocycles. The number of carboxylic acids is 1. The Bertz CT molecular complexity index is 818. The Labute approximate surface area is 146 Å². The average molecular weight is 375 g/mol. The van der Waals surface area contributed by atoms with Crippen LogP contribution in [0.15, 0.2) is 18.2 Å². The van der Waals surface area contributed by atoms with Crippen molar-refractivity contribution in [2.75, 3.05) is 12.4 Å². The highest BCUT2D eigenvalue weighted by atomic mass is 19.4. The van der Waals surface area contributed by atoms with Crippen LogP contribution >= 0.6 is 0 Å². The van der Waals surface area contributed by atoms with Crippen molar-refractivity contribution in [2.45, 2.75) is 32.6 Å². The summed E-state index contributed by atoms with van der Waals surface area (Å²) in [6.07, 6.45) is -4.44. The van der Waals surface area contributed by atoms with Crippen molar-refractivity contribution in [3.8, 4) is 17.0 Å². The summed E-state index contributed by atoms with van der Waals surface area (Å²) >= 11 is 0. The Kier molecular flexibility index (Phi) is 5.43. The molecule has 0 bridgehead atoms. The number of nitrogens with zero attached hydrogens (tertiary/aromatic N) is 2. The average Bonchev–Trinajstić information content (AvgIpc) is 2.90. The van der Waals surface area contributed by atoms with Gasteiger partial charge in [-0.2, -0.15) is 18.3 Å². The molecule has 0 spiro atoms. The van der Waals surface area contributed by atoms with Gasteiger partial charge in [0, 0.05) is 23.9 Å². The van der Waals surface area contributed by atoms with Crippen molar-refractivity contribution in [1.29, 1.82) is 0 Å². The molecule has 0 aliphatic heterocycles. The fraction of sp³-hybridized carbons (Fsp3) is 0.375. The predicted octanol–water partition coefficient (Wildman–Crippen LogP) is 3.78. The number of hydrogen-bond acceptors (Lipinski definition) is 4. The number of aromatic carboxylic acids is 1. The van der Waals surface area contributed by atoms with Gasteiger partial charge in [-0.05, 0) is 26.0 Å². The van der Waals surface area contributed by atoms with Gasteiger partial charge in [0.05, 0.1) is 7.11 Å². The number of aromatic nitrogens is 2. The maximum Gasteiger partial charge on any atom is 0.408 e. The Balaban J connectivity index is 2.50. The third-order valence-electron chi connectivity index (χ3n) is 3.73. The third-order valence-corrected chi connectivity index (χ3v) is 3.73. The summed E-state index contributed by atoms with van der Waals surface area (Å²) in [7, 11) is 1.28. The maximum absolute atomic E-state index is 14.5. The molecule has 0 radical (unpaired) electrons. The number of nitrogens with one attached hydrogen (secondary N) is 1. The van der Waals surface area contributed by atoms with Gasteiger partial charge in [-0.1, -0.05) is 0 Å². The van der Waals surface area contributed by atoms with Crippen LogP contribution in [0.3, 0.4) is 0 Å². The molecule has 1 aromatic heterocycles. The van der Waals surface area contributed by atoms with Crippen molar-refractivity contribution in [3.63, 3.8) is 0 Å². The second kappa shape index (κ2) is 7.22. The first-order valence-electron chi connectivity index (χ1n) is 7.61. The smallest absolute Gasteiger partial charge is 0.408 e. The van der Waals surface area contributed by atoms with Crippen LogP contribution in [-0.2, 0) is 6.54 Å². The van der Waals surface area contributed by atoms with E-state index < -0.39 is 29.7 Å². The summed E-state index contributed by atoms with van der Waals surface area (Å²) in [6.45, 7) is 2.80. The number of methoxy groups -OCH3 is 1. The van der Waals surface area contributed by atoms with Crippen LogP contribution in [0.2, 0.25) is 0 Å². The minimum absolute atomic E-state index is 0.0785. The van der Waals surface area contributed by atoms with E-state index in [4.69, 9.17) is 9.84 Å². The second-order valence-electron chi connectivity index (χ2n) is 5.45. The van der Waals surface area contributed by atoms with Crippen LogP contribution in [-0.4, -0.2) is 40.2 Å². The summed E-state index contributed by atoms with van der Waals surface area (Å²) in [6, 6.07) is 2.16. The Morgan fingerprint density at radius 1 is 1.42 bits per heavy atom. The molecular weight excluding hydrogens is 358 g/mol. The standard InChI is InChI=1S/C16H17F4N3O3/c1-4-23-14(12(17)13(22-23)15(24)25)10-6-5-9(7-11(10)26-3)21-8(2)16(18,19)20/h5-8,21H,4H2,1-3H3,(H,24,25). The fourth-order valence-corrected chi connectivity index (χ4v) is 2.37. The molecule has 0 amide bonds. The van der Waals surface area contributed by atoms with Crippen molar-refractivity contribution in [3.05, 3.63) is 29.7 Å². The lowest BCUT2D eigenvalue weighted by Crippen LogP contribution is -2.33. The molecule has 0 aliphatic rings. The van der Waals surface area contributed by atoms with E-state index in [0.717, 1.165) is 11.6 Å². The zero-order valence-electron chi connectivity index (χ0n) is 14.2. The number of rotatable bonds is 6.